The molecule has 0 bridgehead atoms. The molecule has 0 unspecified atom stereocenters. The van der Waals surface area contributed by atoms with Gasteiger partial charge in [0, 0.05) is 18.0 Å². The van der Waals surface area contributed by atoms with Crippen LogP contribution in [-0.2, 0) is 6.54 Å². The van der Waals surface area contributed by atoms with Gasteiger partial charge in [-0.3, -0.25) is 14.8 Å². The van der Waals surface area contributed by atoms with Crippen LogP contribution < -0.4 is 11.1 Å². The molecule has 102 valence electrons. The second-order valence-corrected chi connectivity index (χ2v) is 3.92. The zero-order valence-corrected chi connectivity index (χ0v) is 10.5. The maximum atomic E-state index is 11.9. The molecule has 0 aliphatic heterocycles. The first-order valence-corrected chi connectivity index (χ1v) is 5.83. The maximum Gasteiger partial charge on any atom is 0.270 e. The van der Waals surface area contributed by atoms with Crippen LogP contribution in [0.15, 0.2) is 47.9 Å². The highest BCUT2D eigenvalue weighted by Gasteiger charge is 2.08. The first-order chi connectivity index (χ1) is 9.70. The highest BCUT2D eigenvalue weighted by atomic mass is 16.4. The summed E-state index contributed by atoms with van der Waals surface area (Å²) < 4.78 is 0. The van der Waals surface area contributed by atoms with Crippen LogP contribution in [0.4, 0.5) is 0 Å². The van der Waals surface area contributed by atoms with Gasteiger partial charge < -0.3 is 16.3 Å². The summed E-state index contributed by atoms with van der Waals surface area (Å²) in [6, 6.07) is 8.52. The Bertz CT molecular complexity index is 610. The van der Waals surface area contributed by atoms with Gasteiger partial charge in [-0.1, -0.05) is 11.2 Å². The quantitative estimate of drug-likeness (QED) is 0.324. The van der Waals surface area contributed by atoms with Crippen molar-refractivity contribution in [3.05, 3.63) is 59.7 Å². The van der Waals surface area contributed by atoms with Crippen molar-refractivity contribution in [1.82, 2.24) is 15.3 Å². The van der Waals surface area contributed by atoms with Gasteiger partial charge in [-0.25, -0.2) is 0 Å². The van der Waals surface area contributed by atoms with E-state index in [2.05, 4.69) is 20.4 Å². The number of pyridine rings is 2. The molecule has 0 saturated carbocycles. The Morgan fingerprint density at radius 1 is 1.30 bits per heavy atom. The normalized spacial score (nSPS) is 11.1. The Kier molecular flexibility index (Phi) is 4.23. The van der Waals surface area contributed by atoms with Crippen molar-refractivity contribution < 1.29 is 10.0 Å². The van der Waals surface area contributed by atoms with Crippen LogP contribution in [-0.4, -0.2) is 26.9 Å². The molecule has 0 radical (unpaired) electrons. The zero-order chi connectivity index (χ0) is 14.4. The number of oxime groups is 1. The average molecular weight is 271 g/mol. The molecule has 0 aliphatic rings. The summed E-state index contributed by atoms with van der Waals surface area (Å²) in [5.41, 5.74) is 6.85. The number of aromatic nitrogens is 2. The van der Waals surface area contributed by atoms with Crippen LogP contribution in [0.2, 0.25) is 0 Å². The van der Waals surface area contributed by atoms with Crippen molar-refractivity contribution in [3.8, 4) is 0 Å². The molecule has 7 heteroatoms. The van der Waals surface area contributed by atoms with Gasteiger partial charge in [-0.2, -0.15) is 0 Å². The van der Waals surface area contributed by atoms with E-state index >= 15 is 0 Å². The van der Waals surface area contributed by atoms with E-state index in [9.17, 15) is 4.79 Å². The maximum absolute atomic E-state index is 11.9. The van der Waals surface area contributed by atoms with E-state index in [4.69, 9.17) is 10.9 Å². The van der Waals surface area contributed by atoms with E-state index in [1.807, 2.05) is 12.1 Å². The van der Waals surface area contributed by atoms with E-state index in [-0.39, 0.29) is 17.4 Å². The lowest BCUT2D eigenvalue weighted by Gasteiger charge is -2.04. The molecule has 2 aromatic rings. The van der Waals surface area contributed by atoms with Gasteiger partial charge in [0.15, 0.2) is 5.84 Å². The summed E-state index contributed by atoms with van der Waals surface area (Å²) in [6.45, 7) is 0.323. The molecule has 0 aromatic carbocycles. The fourth-order valence-electron chi connectivity index (χ4n) is 1.50. The number of nitrogens with one attached hydrogen (secondary N) is 1. The molecule has 1 amide bonds. The summed E-state index contributed by atoms with van der Waals surface area (Å²) in [5.74, 6) is -0.375. The van der Waals surface area contributed by atoms with Crippen LogP contribution in [0.3, 0.4) is 0 Å². The third-order valence-electron chi connectivity index (χ3n) is 2.56. The molecule has 4 N–H and O–H groups in total. The van der Waals surface area contributed by atoms with Crippen LogP contribution in [0.25, 0.3) is 0 Å². The summed E-state index contributed by atoms with van der Waals surface area (Å²) in [5, 5.41) is 14.1. The Labute approximate surface area is 115 Å². The number of rotatable bonds is 4. The molecule has 7 nitrogen and oxygen atoms in total. The Hall–Kier alpha value is -2.96. The van der Waals surface area contributed by atoms with E-state index < -0.39 is 0 Å². The van der Waals surface area contributed by atoms with Gasteiger partial charge in [0.05, 0.1) is 12.2 Å². The van der Waals surface area contributed by atoms with Gasteiger partial charge in [0.2, 0.25) is 0 Å². The predicted molar refractivity (Wildman–Crippen MR) is 72.2 cm³/mol. The molecule has 0 fully saturated rings. The smallest absolute Gasteiger partial charge is 0.270 e. The standard InChI is InChI=1S/C13H13N5O2/c14-12(18-20)9-4-5-11(16-7-9)13(19)17-8-10-3-1-2-6-15-10/h1-7,20H,8H2,(H2,14,18)(H,17,19). The fourth-order valence-corrected chi connectivity index (χ4v) is 1.50. The van der Waals surface area contributed by atoms with Crippen LogP contribution in [0.1, 0.15) is 21.7 Å². The van der Waals surface area contributed by atoms with E-state index in [1.165, 1.54) is 12.3 Å². The molecule has 0 aliphatic carbocycles. The molecule has 2 rings (SSSR count). The zero-order valence-electron chi connectivity index (χ0n) is 10.5. The Morgan fingerprint density at radius 3 is 2.75 bits per heavy atom. The summed E-state index contributed by atoms with van der Waals surface area (Å²) in [7, 11) is 0. The van der Waals surface area contributed by atoms with E-state index in [1.54, 1.807) is 18.3 Å². The molecular weight excluding hydrogens is 258 g/mol. The van der Waals surface area contributed by atoms with Gasteiger partial charge in [0.25, 0.3) is 5.91 Å². The molecule has 2 aromatic heterocycles. The molecular formula is C13H13N5O2. The lowest BCUT2D eigenvalue weighted by Crippen LogP contribution is -2.24. The van der Waals surface area contributed by atoms with Crippen molar-refractivity contribution in [2.24, 2.45) is 10.9 Å². The van der Waals surface area contributed by atoms with Crippen LogP contribution >= 0.6 is 0 Å². The van der Waals surface area contributed by atoms with Gasteiger partial charge >= 0.3 is 0 Å². The minimum absolute atomic E-state index is 0.0575. The third-order valence-corrected chi connectivity index (χ3v) is 2.56. The number of carbonyl (C=O) groups excluding carboxylic acids is 1. The molecule has 0 spiro atoms. The van der Waals surface area contributed by atoms with Crippen molar-refractivity contribution in [2.75, 3.05) is 0 Å². The summed E-state index contributed by atoms with van der Waals surface area (Å²) >= 11 is 0. The first-order valence-electron chi connectivity index (χ1n) is 5.83. The SMILES string of the molecule is NC(=NO)c1ccc(C(=O)NCc2ccccn2)nc1. The Morgan fingerprint density at radius 2 is 2.15 bits per heavy atom. The van der Waals surface area contributed by atoms with Gasteiger partial charge in [-0.15, -0.1) is 0 Å². The first kappa shape index (κ1) is 13.5. The third kappa shape index (κ3) is 3.29. The minimum Gasteiger partial charge on any atom is -0.409 e. The second-order valence-electron chi connectivity index (χ2n) is 3.92. The number of hydrogen-bond donors (Lipinski definition) is 3. The number of carbonyl (C=O) groups is 1. The topological polar surface area (TPSA) is 113 Å². The highest BCUT2D eigenvalue weighted by molar-refractivity contribution is 5.98. The molecule has 0 saturated heterocycles. The lowest BCUT2D eigenvalue weighted by atomic mass is 10.2. The van der Waals surface area contributed by atoms with Crippen molar-refractivity contribution in [1.29, 1.82) is 0 Å². The number of hydrogen-bond acceptors (Lipinski definition) is 5. The van der Waals surface area contributed by atoms with E-state index in [0.29, 0.717) is 12.1 Å². The fraction of sp³-hybridized carbons (Fsp3) is 0.0769. The number of nitrogens with zero attached hydrogens (tertiary/aromatic N) is 3. The largest absolute Gasteiger partial charge is 0.409 e. The number of nitrogens with two attached hydrogens (primary N) is 1. The summed E-state index contributed by atoms with van der Waals surface area (Å²) in [4.78, 5) is 19.9. The van der Waals surface area contributed by atoms with Crippen LogP contribution in [0.5, 0.6) is 0 Å². The van der Waals surface area contributed by atoms with Crippen molar-refractivity contribution >= 4 is 11.7 Å². The predicted octanol–water partition coefficient (Wildman–Crippen LogP) is 0.501. The van der Waals surface area contributed by atoms with Crippen molar-refractivity contribution in [2.45, 2.75) is 6.54 Å². The van der Waals surface area contributed by atoms with E-state index in [0.717, 1.165) is 5.69 Å². The monoisotopic (exact) mass is 271 g/mol. The highest BCUT2D eigenvalue weighted by Crippen LogP contribution is 2.01. The van der Waals surface area contributed by atoms with Crippen molar-refractivity contribution in [3.63, 3.8) is 0 Å². The average Bonchev–Trinajstić information content (AvgIpc) is 2.53. The molecule has 20 heavy (non-hydrogen) atoms. The molecule has 0 atom stereocenters. The number of amides is 1. The minimum atomic E-state index is -0.318. The van der Waals surface area contributed by atoms with Gasteiger partial charge in [-0.05, 0) is 24.3 Å². The van der Waals surface area contributed by atoms with Crippen LogP contribution in [0, 0.1) is 0 Å². The lowest BCUT2D eigenvalue weighted by molar-refractivity contribution is 0.0945. The molecule has 2 heterocycles. The summed E-state index contributed by atoms with van der Waals surface area (Å²) in [6.07, 6.45) is 3.02. The number of amidine groups is 1. The Balaban J connectivity index is 1.99. The van der Waals surface area contributed by atoms with Gasteiger partial charge in [0.1, 0.15) is 5.69 Å². The second kappa shape index (κ2) is 6.28.